The number of halogens is 3. The van der Waals surface area contributed by atoms with Gasteiger partial charge in [0.1, 0.15) is 10.3 Å². The van der Waals surface area contributed by atoms with Crippen molar-refractivity contribution in [2.24, 2.45) is 0 Å². The van der Waals surface area contributed by atoms with Crippen molar-refractivity contribution in [3.8, 4) is 0 Å². The molecule has 1 unspecified atom stereocenters. The summed E-state index contributed by atoms with van der Waals surface area (Å²) in [5.74, 6) is -0.403. The van der Waals surface area contributed by atoms with E-state index in [0.29, 0.717) is 11.1 Å². The lowest BCUT2D eigenvalue weighted by atomic mass is 10.1. The van der Waals surface area contributed by atoms with Gasteiger partial charge < -0.3 is 10.6 Å². The Morgan fingerprint density at radius 1 is 1.12 bits per heavy atom. The van der Waals surface area contributed by atoms with E-state index in [1.165, 1.54) is 6.07 Å². The van der Waals surface area contributed by atoms with E-state index < -0.39 is 11.8 Å². The van der Waals surface area contributed by atoms with Crippen LogP contribution in [0.25, 0.3) is 5.70 Å². The van der Waals surface area contributed by atoms with Crippen LogP contribution >= 0.6 is 23.2 Å². The molecule has 2 N–H and O–H groups in total. The van der Waals surface area contributed by atoms with Crippen molar-refractivity contribution >= 4 is 34.9 Å². The molecule has 0 aliphatic rings. The first kappa shape index (κ1) is 18.3. The zero-order valence-corrected chi connectivity index (χ0v) is 14.8. The molecule has 24 heavy (non-hydrogen) atoms. The minimum atomic E-state index is -0.485. The first-order valence-corrected chi connectivity index (χ1v) is 8.08. The van der Waals surface area contributed by atoms with Gasteiger partial charge in [-0.15, -0.1) is 0 Å². The fraction of sp³-hybridized carbons (Fsp3) is 0.167. The van der Waals surface area contributed by atoms with Crippen LogP contribution < -0.4 is 10.6 Å². The van der Waals surface area contributed by atoms with E-state index in [9.17, 15) is 9.18 Å². The largest absolute Gasteiger partial charge is 0.331 e. The summed E-state index contributed by atoms with van der Waals surface area (Å²) in [6, 6.07) is 13.3. The molecule has 2 amide bonds. The van der Waals surface area contributed by atoms with E-state index in [4.69, 9.17) is 23.2 Å². The summed E-state index contributed by atoms with van der Waals surface area (Å²) in [6.07, 6.45) is 0. The van der Waals surface area contributed by atoms with Gasteiger partial charge in [-0.2, -0.15) is 0 Å². The third-order valence-electron chi connectivity index (χ3n) is 3.54. The van der Waals surface area contributed by atoms with Crippen molar-refractivity contribution < 1.29 is 9.18 Å². The highest BCUT2D eigenvalue weighted by Gasteiger charge is 2.14. The van der Waals surface area contributed by atoms with Gasteiger partial charge in [-0.25, -0.2) is 9.18 Å². The van der Waals surface area contributed by atoms with Crippen LogP contribution in [0.5, 0.6) is 0 Å². The molecule has 6 heteroatoms. The molecule has 2 aromatic rings. The van der Waals surface area contributed by atoms with Gasteiger partial charge in [0.15, 0.2) is 0 Å². The number of nitrogens with one attached hydrogen (secondary N) is 2. The van der Waals surface area contributed by atoms with Gasteiger partial charge in [-0.3, -0.25) is 0 Å². The number of benzene rings is 2. The molecule has 0 aromatic heterocycles. The van der Waals surface area contributed by atoms with Crippen LogP contribution in [0.15, 0.2) is 53.0 Å². The summed E-state index contributed by atoms with van der Waals surface area (Å²) >= 11 is 11.7. The first-order valence-electron chi connectivity index (χ1n) is 7.32. The monoisotopic (exact) mass is 366 g/mol. The number of hydrogen-bond acceptors (Lipinski definition) is 1. The molecule has 0 bridgehead atoms. The van der Waals surface area contributed by atoms with Crippen molar-refractivity contribution in [1.29, 1.82) is 0 Å². The van der Waals surface area contributed by atoms with Crippen molar-refractivity contribution in [3.63, 3.8) is 0 Å². The van der Waals surface area contributed by atoms with Crippen LogP contribution in [0.1, 0.15) is 29.7 Å². The maximum atomic E-state index is 13.7. The topological polar surface area (TPSA) is 41.1 Å². The van der Waals surface area contributed by atoms with Crippen molar-refractivity contribution in [3.05, 3.63) is 75.5 Å². The zero-order valence-electron chi connectivity index (χ0n) is 13.2. The summed E-state index contributed by atoms with van der Waals surface area (Å²) in [6.45, 7) is 3.50. The molecular formula is C18H17Cl2FN2O. The van der Waals surface area contributed by atoms with E-state index >= 15 is 0 Å². The highest BCUT2D eigenvalue weighted by atomic mass is 35.5. The second kappa shape index (κ2) is 8.18. The van der Waals surface area contributed by atoms with Crippen LogP contribution in [0, 0.1) is 12.7 Å². The minimum Gasteiger partial charge on any atom is -0.331 e. The van der Waals surface area contributed by atoms with Crippen LogP contribution in [0.4, 0.5) is 9.18 Å². The Morgan fingerprint density at radius 3 is 2.38 bits per heavy atom. The summed E-state index contributed by atoms with van der Waals surface area (Å²) < 4.78 is 13.6. The second-order valence-electron chi connectivity index (χ2n) is 5.33. The maximum absolute atomic E-state index is 13.7. The number of rotatable bonds is 4. The molecule has 0 aliphatic heterocycles. The minimum absolute atomic E-state index is 0.148. The van der Waals surface area contributed by atoms with Gasteiger partial charge in [0.2, 0.25) is 0 Å². The SMILES string of the molecule is Cc1ccc(C(NC(=O)NC(C)c2ccccc2)=C(Cl)Cl)cc1F. The summed E-state index contributed by atoms with van der Waals surface area (Å²) in [7, 11) is 0. The fourth-order valence-electron chi connectivity index (χ4n) is 2.15. The first-order chi connectivity index (χ1) is 11.4. The molecule has 0 saturated heterocycles. The molecular weight excluding hydrogens is 350 g/mol. The molecule has 0 heterocycles. The van der Waals surface area contributed by atoms with Gasteiger partial charge in [-0.05, 0) is 31.0 Å². The number of aryl methyl sites for hydroxylation is 1. The Balaban J connectivity index is 2.12. The smallest absolute Gasteiger partial charge is 0.319 e. The predicted molar refractivity (Wildman–Crippen MR) is 96.3 cm³/mol. The average molecular weight is 367 g/mol. The van der Waals surface area contributed by atoms with Gasteiger partial charge in [-0.1, -0.05) is 65.7 Å². The maximum Gasteiger partial charge on any atom is 0.319 e. The normalized spacial score (nSPS) is 11.5. The molecule has 0 fully saturated rings. The average Bonchev–Trinajstić information content (AvgIpc) is 2.56. The zero-order chi connectivity index (χ0) is 17.7. The third-order valence-corrected chi connectivity index (χ3v) is 3.91. The Bertz CT molecular complexity index is 759. The Kier molecular flexibility index (Phi) is 6.23. The van der Waals surface area contributed by atoms with Gasteiger partial charge in [0.25, 0.3) is 0 Å². The number of carbonyl (C=O) groups excluding carboxylic acids is 1. The lowest BCUT2D eigenvalue weighted by molar-refractivity contribution is 0.242. The van der Waals surface area contributed by atoms with Crippen molar-refractivity contribution in [2.75, 3.05) is 0 Å². The second-order valence-corrected chi connectivity index (χ2v) is 6.28. The molecule has 0 radical (unpaired) electrons. The van der Waals surface area contributed by atoms with E-state index in [0.717, 1.165) is 5.56 Å². The quantitative estimate of drug-likeness (QED) is 0.757. The third kappa shape index (κ3) is 4.73. The fourth-order valence-corrected chi connectivity index (χ4v) is 2.46. The van der Waals surface area contributed by atoms with Gasteiger partial charge >= 0.3 is 6.03 Å². The molecule has 2 aromatic carbocycles. The number of urea groups is 1. The van der Waals surface area contributed by atoms with Crippen LogP contribution in [0.3, 0.4) is 0 Å². The molecule has 0 saturated carbocycles. The lowest BCUT2D eigenvalue weighted by Gasteiger charge is -2.17. The number of carbonyl (C=O) groups is 1. The molecule has 3 nitrogen and oxygen atoms in total. The lowest BCUT2D eigenvalue weighted by Crippen LogP contribution is -2.36. The van der Waals surface area contributed by atoms with Crippen molar-refractivity contribution in [1.82, 2.24) is 10.6 Å². The summed E-state index contributed by atoms with van der Waals surface area (Å²) in [5, 5.41) is 5.36. The van der Waals surface area contributed by atoms with Gasteiger partial charge in [0.05, 0.1) is 11.7 Å². The number of hydrogen-bond donors (Lipinski definition) is 2. The van der Waals surface area contributed by atoms with Crippen LogP contribution in [-0.2, 0) is 0 Å². The van der Waals surface area contributed by atoms with Crippen molar-refractivity contribution in [2.45, 2.75) is 19.9 Å². The molecule has 0 spiro atoms. The standard InChI is InChI=1S/C18H17Cl2FN2O/c1-11-8-9-14(10-15(11)21)16(17(19)20)23-18(24)22-12(2)13-6-4-3-5-7-13/h3-10,12H,1-2H3,(H2,22,23,24). The van der Waals surface area contributed by atoms with E-state index in [2.05, 4.69) is 10.6 Å². The summed E-state index contributed by atoms with van der Waals surface area (Å²) in [5.41, 5.74) is 1.98. The Hall–Kier alpha value is -2.04. The number of amides is 2. The molecule has 0 aliphatic carbocycles. The highest BCUT2D eigenvalue weighted by Crippen LogP contribution is 2.24. The Labute approximate surface area is 150 Å². The van der Waals surface area contributed by atoms with E-state index in [-0.39, 0.29) is 16.2 Å². The Morgan fingerprint density at radius 2 is 1.79 bits per heavy atom. The summed E-state index contributed by atoms with van der Waals surface area (Å²) in [4.78, 5) is 12.2. The predicted octanol–water partition coefficient (Wildman–Crippen LogP) is 5.30. The van der Waals surface area contributed by atoms with Crippen LogP contribution in [-0.4, -0.2) is 6.03 Å². The van der Waals surface area contributed by atoms with Crippen LogP contribution in [0.2, 0.25) is 0 Å². The van der Waals surface area contributed by atoms with E-state index in [1.807, 2.05) is 37.3 Å². The molecule has 2 rings (SSSR count). The van der Waals surface area contributed by atoms with E-state index in [1.54, 1.807) is 19.1 Å². The molecule has 126 valence electrons. The molecule has 1 atom stereocenters. The van der Waals surface area contributed by atoms with Gasteiger partial charge in [0, 0.05) is 5.56 Å². The highest BCUT2D eigenvalue weighted by molar-refractivity contribution is 6.58.